The highest BCUT2D eigenvalue weighted by Gasteiger charge is 2.27. The Labute approximate surface area is 137 Å². The van der Waals surface area contributed by atoms with Gasteiger partial charge >= 0.3 is 0 Å². The van der Waals surface area contributed by atoms with Crippen LogP contribution in [0.4, 0.5) is 0 Å². The summed E-state index contributed by atoms with van der Waals surface area (Å²) in [5.74, 6) is 1.03. The Morgan fingerprint density at radius 1 is 1.39 bits per heavy atom. The molecule has 2 unspecified atom stereocenters. The molecule has 1 aliphatic rings. The standard InChI is InChI=1S/C17H25N3O3/c1-12(21)19-16(14-3-5-15(23-2)6-4-14)9-17(22)20-8-7-13(10-18)11-20/h3-6,13,16H,7-11,18H2,1-2H3,(H,19,21). The van der Waals surface area contributed by atoms with Crippen LogP contribution in [0, 0.1) is 5.92 Å². The summed E-state index contributed by atoms with van der Waals surface area (Å²) in [4.78, 5) is 25.8. The minimum Gasteiger partial charge on any atom is -0.497 e. The molecule has 0 aliphatic carbocycles. The molecule has 23 heavy (non-hydrogen) atoms. The fourth-order valence-electron chi connectivity index (χ4n) is 2.89. The normalized spacial score (nSPS) is 18.6. The lowest BCUT2D eigenvalue weighted by molar-refractivity contribution is -0.131. The van der Waals surface area contributed by atoms with Gasteiger partial charge in [0.25, 0.3) is 0 Å². The van der Waals surface area contributed by atoms with Crippen LogP contribution < -0.4 is 15.8 Å². The van der Waals surface area contributed by atoms with Gasteiger partial charge in [-0.05, 0) is 36.6 Å². The monoisotopic (exact) mass is 319 g/mol. The van der Waals surface area contributed by atoms with Gasteiger partial charge in [0.15, 0.2) is 0 Å². The molecular weight excluding hydrogens is 294 g/mol. The number of hydrogen-bond donors (Lipinski definition) is 2. The predicted octanol–water partition coefficient (Wildman–Crippen LogP) is 1.07. The highest BCUT2D eigenvalue weighted by Crippen LogP contribution is 2.23. The maximum absolute atomic E-state index is 12.5. The van der Waals surface area contributed by atoms with Crippen LogP contribution in [0.25, 0.3) is 0 Å². The number of nitrogens with two attached hydrogens (primary N) is 1. The van der Waals surface area contributed by atoms with Gasteiger partial charge in [0.05, 0.1) is 19.6 Å². The number of nitrogens with one attached hydrogen (secondary N) is 1. The lowest BCUT2D eigenvalue weighted by Crippen LogP contribution is -2.35. The molecule has 2 atom stereocenters. The van der Waals surface area contributed by atoms with Gasteiger partial charge in [-0.2, -0.15) is 0 Å². The van der Waals surface area contributed by atoms with Crippen molar-refractivity contribution < 1.29 is 14.3 Å². The predicted molar refractivity (Wildman–Crippen MR) is 87.9 cm³/mol. The summed E-state index contributed by atoms with van der Waals surface area (Å²) < 4.78 is 5.14. The van der Waals surface area contributed by atoms with Crippen molar-refractivity contribution in [3.05, 3.63) is 29.8 Å². The lowest BCUT2D eigenvalue weighted by Gasteiger charge is -2.22. The molecular formula is C17H25N3O3. The summed E-state index contributed by atoms with van der Waals surface area (Å²) in [6.45, 7) is 3.53. The minimum absolute atomic E-state index is 0.0514. The van der Waals surface area contributed by atoms with E-state index in [9.17, 15) is 9.59 Å². The highest BCUT2D eigenvalue weighted by atomic mass is 16.5. The molecule has 1 saturated heterocycles. The number of carbonyl (C=O) groups excluding carboxylic acids is 2. The van der Waals surface area contributed by atoms with Crippen LogP contribution in [-0.2, 0) is 9.59 Å². The maximum atomic E-state index is 12.5. The topological polar surface area (TPSA) is 84.7 Å². The molecule has 2 amide bonds. The van der Waals surface area contributed by atoms with Crippen molar-refractivity contribution in [2.24, 2.45) is 11.7 Å². The molecule has 0 spiro atoms. The van der Waals surface area contributed by atoms with E-state index in [1.165, 1.54) is 6.92 Å². The van der Waals surface area contributed by atoms with Gasteiger partial charge in [-0.25, -0.2) is 0 Å². The first-order valence-corrected chi connectivity index (χ1v) is 7.92. The summed E-state index contributed by atoms with van der Waals surface area (Å²) in [5.41, 5.74) is 6.57. The first kappa shape index (κ1) is 17.3. The molecule has 0 radical (unpaired) electrons. The Morgan fingerprint density at radius 3 is 2.61 bits per heavy atom. The van der Waals surface area contributed by atoms with Gasteiger partial charge in [0.1, 0.15) is 5.75 Å². The second kappa shape index (κ2) is 7.97. The number of likely N-dealkylation sites (tertiary alicyclic amines) is 1. The molecule has 1 fully saturated rings. The number of hydrogen-bond acceptors (Lipinski definition) is 4. The number of nitrogens with zero attached hydrogens (tertiary/aromatic N) is 1. The van der Waals surface area contributed by atoms with Crippen molar-refractivity contribution in [2.45, 2.75) is 25.8 Å². The number of carbonyl (C=O) groups is 2. The zero-order valence-electron chi connectivity index (χ0n) is 13.7. The van der Waals surface area contributed by atoms with Gasteiger partial charge < -0.3 is 20.7 Å². The van der Waals surface area contributed by atoms with E-state index in [0.29, 0.717) is 19.0 Å². The van der Waals surface area contributed by atoms with Crippen molar-refractivity contribution in [1.29, 1.82) is 0 Å². The van der Waals surface area contributed by atoms with Gasteiger partial charge in [-0.3, -0.25) is 9.59 Å². The molecule has 6 heteroatoms. The molecule has 126 valence electrons. The summed E-state index contributed by atoms with van der Waals surface area (Å²) in [5, 5.41) is 2.86. The molecule has 0 bridgehead atoms. The van der Waals surface area contributed by atoms with Crippen LogP contribution in [0.1, 0.15) is 31.4 Å². The van der Waals surface area contributed by atoms with Crippen molar-refractivity contribution >= 4 is 11.8 Å². The number of ether oxygens (including phenoxy) is 1. The molecule has 2 rings (SSSR count). The van der Waals surface area contributed by atoms with Crippen LogP contribution in [-0.4, -0.2) is 43.5 Å². The van der Waals surface area contributed by atoms with E-state index in [1.807, 2.05) is 29.2 Å². The van der Waals surface area contributed by atoms with Crippen LogP contribution in [0.15, 0.2) is 24.3 Å². The zero-order valence-corrected chi connectivity index (χ0v) is 13.7. The van der Waals surface area contributed by atoms with Crippen LogP contribution >= 0.6 is 0 Å². The third-order valence-corrected chi connectivity index (χ3v) is 4.25. The van der Waals surface area contributed by atoms with Crippen molar-refractivity contribution in [3.8, 4) is 5.75 Å². The van der Waals surface area contributed by atoms with E-state index >= 15 is 0 Å². The van der Waals surface area contributed by atoms with E-state index in [1.54, 1.807) is 7.11 Å². The number of rotatable bonds is 6. The average molecular weight is 319 g/mol. The van der Waals surface area contributed by atoms with Crippen LogP contribution in [0.3, 0.4) is 0 Å². The second-order valence-corrected chi connectivity index (χ2v) is 5.96. The number of amides is 2. The van der Waals surface area contributed by atoms with E-state index in [2.05, 4.69) is 5.32 Å². The molecule has 1 heterocycles. The largest absolute Gasteiger partial charge is 0.497 e. The molecule has 6 nitrogen and oxygen atoms in total. The Balaban J connectivity index is 2.05. The Kier molecular flexibility index (Phi) is 5.98. The smallest absolute Gasteiger partial charge is 0.224 e. The first-order valence-electron chi connectivity index (χ1n) is 7.92. The fourth-order valence-corrected chi connectivity index (χ4v) is 2.89. The summed E-state index contributed by atoms with van der Waals surface area (Å²) in [6.07, 6.45) is 1.21. The quantitative estimate of drug-likeness (QED) is 0.821. The van der Waals surface area contributed by atoms with Crippen LogP contribution in [0.2, 0.25) is 0 Å². The Bertz CT molecular complexity index is 545. The van der Waals surface area contributed by atoms with Gasteiger partial charge in [-0.15, -0.1) is 0 Å². The number of methoxy groups -OCH3 is 1. The van der Waals surface area contributed by atoms with Gasteiger partial charge in [0, 0.05) is 20.0 Å². The molecule has 0 saturated carbocycles. The molecule has 1 aliphatic heterocycles. The number of benzene rings is 1. The average Bonchev–Trinajstić information content (AvgIpc) is 3.03. The third kappa shape index (κ3) is 4.69. The Hall–Kier alpha value is -2.08. The lowest BCUT2D eigenvalue weighted by atomic mass is 10.0. The molecule has 0 aromatic heterocycles. The SMILES string of the molecule is COc1ccc(C(CC(=O)N2CCC(CN)C2)NC(C)=O)cc1. The first-order chi connectivity index (χ1) is 11.0. The molecule has 1 aromatic carbocycles. The summed E-state index contributed by atoms with van der Waals surface area (Å²) >= 11 is 0. The zero-order chi connectivity index (χ0) is 16.8. The molecule has 3 N–H and O–H groups in total. The van der Waals surface area contributed by atoms with E-state index in [0.717, 1.165) is 24.3 Å². The van der Waals surface area contributed by atoms with Crippen LogP contribution in [0.5, 0.6) is 5.75 Å². The van der Waals surface area contributed by atoms with Crippen molar-refractivity contribution in [2.75, 3.05) is 26.7 Å². The van der Waals surface area contributed by atoms with E-state index in [4.69, 9.17) is 10.5 Å². The van der Waals surface area contributed by atoms with Crippen molar-refractivity contribution in [3.63, 3.8) is 0 Å². The summed E-state index contributed by atoms with van der Waals surface area (Å²) in [7, 11) is 1.60. The third-order valence-electron chi connectivity index (χ3n) is 4.25. The summed E-state index contributed by atoms with van der Waals surface area (Å²) in [6, 6.07) is 7.07. The van der Waals surface area contributed by atoms with Crippen molar-refractivity contribution in [1.82, 2.24) is 10.2 Å². The van der Waals surface area contributed by atoms with E-state index < -0.39 is 0 Å². The van der Waals surface area contributed by atoms with Gasteiger partial charge in [-0.1, -0.05) is 12.1 Å². The second-order valence-electron chi connectivity index (χ2n) is 5.96. The highest BCUT2D eigenvalue weighted by molar-refractivity contribution is 5.79. The van der Waals surface area contributed by atoms with Gasteiger partial charge in [0.2, 0.25) is 11.8 Å². The maximum Gasteiger partial charge on any atom is 0.224 e. The molecule has 1 aromatic rings. The fraction of sp³-hybridized carbons (Fsp3) is 0.529. The minimum atomic E-state index is -0.331. The van der Waals surface area contributed by atoms with E-state index in [-0.39, 0.29) is 24.3 Å². The Morgan fingerprint density at radius 2 is 2.09 bits per heavy atom.